The van der Waals surface area contributed by atoms with Crippen LogP contribution >= 0.6 is 47.8 Å². The first-order chi connectivity index (χ1) is 21.3. The van der Waals surface area contributed by atoms with E-state index >= 15 is 0 Å². The van der Waals surface area contributed by atoms with E-state index in [0.29, 0.717) is 53.9 Å². The van der Waals surface area contributed by atoms with Gasteiger partial charge in [-0.3, -0.25) is 9.59 Å². The molecule has 2 aromatic heterocycles. The summed E-state index contributed by atoms with van der Waals surface area (Å²) in [5.74, 6) is 0.956. The van der Waals surface area contributed by atoms with Gasteiger partial charge in [0.25, 0.3) is 11.5 Å². The van der Waals surface area contributed by atoms with E-state index in [4.69, 9.17) is 18.9 Å². The van der Waals surface area contributed by atoms with E-state index in [0.717, 1.165) is 9.86 Å². The fourth-order valence-electron chi connectivity index (χ4n) is 4.48. The molecule has 9 nitrogen and oxygen atoms in total. The summed E-state index contributed by atoms with van der Waals surface area (Å²) in [7, 11) is 1.49. The number of fused-ring (bicyclic) bond motifs is 2. The molecule has 12 heteroatoms. The van der Waals surface area contributed by atoms with Crippen molar-refractivity contribution >= 4 is 87.5 Å². The van der Waals surface area contributed by atoms with E-state index in [2.05, 4.69) is 58.2 Å². The predicted octanol–water partition coefficient (Wildman–Crippen LogP) is 8.01. The number of carbonyl (C=O) groups excluding carboxylic acids is 1. The van der Waals surface area contributed by atoms with Gasteiger partial charge >= 0.3 is 0 Å². The standard InChI is InChI=1S/C32H21Br3N4O5/c1-42-25-15-19(28(34)29(35)30(25)43-17-27(40)37-21-7-3-2-4-8-21)16-36-39-31(38-23-10-6-5-9-22(23)32(39)41)26-14-18-13-20(33)11-12-24(18)44-26/h2-16H,17H2,1H3,(H,37,40). The predicted molar refractivity (Wildman–Crippen MR) is 181 cm³/mol. The summed E-state index contributed by atoms with van der Waals surface area (Å²) in [4.78, 5) is 30.9. The van der Waals surface area contributed by atoms with Gasteiger partial charge in [-0.2, -0.15) is 9.78 Å². The molecule has 1 amide bonds. The van der Waals surface area contributed by atoms with Gasteiger partial charge in [-0.05, 0) is 86.5 Å². The second-order valence-electron chi connectivity index (χ2n) is 9.43. The summed E-state index contributed by atoms with van der Waals surface area (Å²) >= 11 is 10.6. The van der Waals surface area contributed by atoms with Crippen LogP contribution in [0.5, 0.6) is 11.5 Å². The number of carbonyl (C=O) groups is 1. The average molecular weight is 781 g/mol. The van der Waals surface area contributed by atoms with Gasteiger partial charge in [-0.25, -0.2) is 4.98 Å². The lowest BCUT2D eigenvalue weighted by molar-refractivity contribution is -0.118. The van der Waals surface area contributed by atoms with Crippen molar-refractivity contribution in [2.24, 2.45) is 5.10 Å². The number of anilines is 1. The number of nitrogens with zero attached hydrogens (tertiary/aromatic N) is 3. The molecule has 0 saturated carbocycles. The summed E-state index contributed by atoms with van der Waals surface area (Å²) in [5, 5.41) is 8.58. The molecular formula is C32H21Br3N4O5. The van der Waals surface area contributed by atoms with Crippen molar-refractivity contribution < 1.29 is 18.7 Å². The van der Waals surface area contributed by atoms with Crippen LogP contribution < -0.4 is 20.3 Å². The fraction of sp³-hybridized carbons (Fsp3) is 0.0625. The lowest BCUT2D eigenvalue weighted by atomic mass is 10.2. The Balaban J connectivity index is 1.36. The molecule has 0 spiro atoms. The summed E-state index contributed by atoms with van der Waals surface area (Å²) < 4.78 is 20.7. The third-order valence-corrected chi connectivity index (χ3v) is 9.18. The second-order valence-corrected chi connectivity index (χ2v) is 11.9. The van der Waals surface area contributed by atoms with Gasteiger partial charge in [-0.1, -0.05) is 46.3 Å². The van der Waals surface area contributed by atoms with Crippen LogP contribution in [-0.4, -0.2) is 35.5 Å². The van der Waals surface area contributed by atoms with E-state index in [1.165, 1.54) is 18.0 Å². The first-order valence-corrected chi connectivity index (χ1v) is 15.5. The molecule has 44 heavy (non-hydrogen) atoms. The summed E-state index contributed by atoms with van der Waals surface area (Å²) in [6, 6.07) is 25.3. The molecule has 0 fully saturated rings. The zero-order chi connectivity index (χ0) is 30.8. The van der Waals surface area contributed by atoms with Crippen molar-refractivity contribution in [2.45, 2.75) is 0 Å². The van der Waals surface area contributed by atoms with Crippen molar-refractivity contribution in [1.29, 1.82) is 0 Å². The number of benzene rings is 4. The van der Waals surface area contributed by atoms with Gasteiger partial charge < -0.3 is 19.2 Å². The number of methoxy groups -OCH3 is 1. The van der Waals surface area contributed by atoms with E-state index in [1.807, 2.05) is 48.5 Å². The smallest absolute Gasteiger partial charge is 0.282 e. The maximum atomic E-state index is 13.7. The van der Waals surface area contributed by atoms with Gasteiger partial charge in [0.05, 0.1) is 28.7 Å². The topological polar surface area (TPSA) is 108 Å². The average Bonchev–Trinajstić information content (AvgIpc) is 3.45. The molecule has 4 aromatic carbocycles. The first kappa shape index (κ1) is 29.8. The van der Waals surface area contributed by atoms with Gasteiger partial charge in [0.1, 0.15) is 5.58 Å². The number of halogens is 3. The van der Waals surface area contributed by atoms with Gasteiger partial charge in [0.15, 0.2) is 23.9 Å². The number of ether oxygens (including phenoxy) is 2. The van der Waals surface area contributed by atoms with Crippen LogP contribution in [0, 0.1) is 0 Å². The van der Waals surface area contributed by atoms with Crippen molar-refractivity contribution in [3.8, 4) is 23.1 Å². The quantitative estimate of drug-likeness (QED) is 0.157. The fourth-order valence-corrected chi connectivity index (χ4v) is 5.79. The number of para-hydroxylation sites is 2. The summed E-state index contributed by atoms with van der Waals surface area (Å²) in [6.07, 6.45) is 1.50. The van der Waals surface area contributed by atoms with Crippen LogP contribution in [0.2, 0.25) is 0 Å². The Morgan fingerprint density at radius 1 is 1.00 bits per heavy atom. The summed E-state index contributed by atoms with van der Waals surface area (Å²) in [6.45, 7) is -0.251. The van der Waals surface area contributed by atoms with E-state index in [9.17, 15) is 9.59 Å². The highest BCUT2D eigenvalue weighted by Crippen LogP contribution is 2.42. The number of aromatic nitrogens is 2. The zero-order valence-corrected chi connectivity index (χ0v) is 27.6. The van der Waals surface area contributed by atoms with Crippen LogP contribution in [0.25, 0.3) is 33.5 Å². The molecular weight excluding hydrogens is 760 g/mol. The Bertz CT molecular complexity index is 2130. The van der Waals surface area contributed by atoms with Gasteiger partial charge in [-0.15, -0.1) is 0 Å². The van der Waals surface area contributed by atoms with E-state index in [1.54, 1.807) is 36.4 Å². The van der Waals surface area contributed by atoms with E-state index < -0.39 is 0 Å². The molecule has 6 aromatic rings. The molecule has 0 radical (unpaired) electrons. The Morgan fingerprint density at radius 3 is 2.57 bits per heavy atom. The maximum Gasteiger partial charge on any atom is 0.282 e. The third-order valence-electron chi connectivity index (χ3n) is 6.55. The number of hydrogen-bond donors (Lipinski definition) is 1. The largest absolute Gasteiger partial charge is 0.493 e. The van der Waals surface area contributed by atoms with Crippen molar-refractivity contribution in [3.05, 3.63) is 114 Å². The molecule has 220 valence electrons. The minimum atomic E-state index is -0.366. The molecule has 0 aliphatic rings. The summed E-state index contributed by atoms with van der Waals surface area (Å²) in [5.41, 5.74) is 2.02. The molecule has 2 heterocycles. The Labute approximate surface area is 275 Å². The van der Waals surface area contributed by atoms with Crippen LogP contribution in [0.15, 0.2) is 113 Å². The SMILES string of the molecule is COc1cc(C=Nn2c(-c3cc4cc(Br)ccc4o3)nc3ccccc3c2=O)c(Br)c(Br)c1OCC(=O)Nc1ccccc1. The normalized spacial score (nSPS) is 11.4. The van der Waals surface area contributed by atoms with Crippen LogP contribution in [0.1, 0.15) is 5.56 Å². The molecule has 0 atom stereocenters. The number of hydrogen-bond acceptors (Lipinski definition) is 7. The van der Waals surface area contributed by atoms with Crippen molar-refractivity contribution in [3.63, 3.8) is 0 Å². The second kappa shape index (κ2) is 12.8. The number of amides is 1. The highest BCUT2D eigenvalue weighted by Gasteiger charge is 2.20. The zero-order valence-electron chi connectivity index (χ0n) is 22.9. The molecule has 0 bridgehead atoms. The lowest BCUT2D eigenvalue weighted by Crippen LogP contribution is -2.20. The van der Waals surface area contributed by atoms with Gasteiger partial charge in [0, 0.05) is 25.6 Å². The highest BCUT2D eigenvalue weighted by molar-refractivity contribution is 9.13. The first-order valence-electron chi connectivity index (χ1n) is 13.1. The molecule has 0 saturated heterocycles. The van der Waals surface area contributed by atoms with Crippen molar-refractivity contribution in [1.82, 2.24) is 9.66 Å². The maximum absolute atomic E-state index is 13.7. The Kier molecular flexibility index (Phi) is 8.65. The number of furan rings is 1. The highest BCUT2D eigenvalue weighted by atomic mass is 79.9. The molecule has 6 rings (SSSR count). The molecule has 1 N–H and O–H groups in total. The molecule has 0 aliphatic heterocycles. The minimum absolute atomic E-state index is 0.240. The van der Waals surface area contributed by atoms with Crippen LogP contribution in [0.4, 0.5) is 5.69 Å². The minimum Gasteiger partial charge on any atom is -0.493 e. The Hall–Kier alpha value is -4.26. The molecule has 0 unspecified atom stereocenters. The monoisotopic (exact) mass is 778 g/mol. The van der Waals surface area contributed by atoms with Crippen LogP contribution in [0.3, 0.4) is 0 Å². The van der Waals surface area contributed by atoms with Crippen molar-refractivity contribution in [2.75, 3.05) is 19.0 Å². The van der Waals surface area contributed by atoms with Crippen LogP contribution in [-0.2, 0) is 4.79 Å². The third kappa shape index (κ3) is 6.05. The van der Waals surface area contributed by atoms with Gasteiger partial charge in [0.2, 0.25) is 5.82 Å². The Morgan fingerprint density at radius 2 is 1.77 bits per heavy atom. The molecule has 0 aliphatic carbocycles. The number of nitrogens with one attached hydrogen (secondary N) is 1. The number of rotatable bonds is 8. The lowest BCUT2D eigenvalue weighted by Gasteiger charge is -2.15. The van der Waals surface area contributed by atoms with E-state index in [-0.39, 0.29) is 23.9 Å².